The maximum absolute atomic E-state index is 11.6. The Morgan fingerprint density at radius 3 is 2.41 bits per heavy atom. The second-order valence-corrected chi connectivity index (χ2v) is 4.35. The van der Waals surface area contributed by atoms with Crippen LogP contribution in [0.15, 0.2) is 36.4 Å². The van der Waals surface area contributed by atoms with Crippen LogP contribution < -0.4 is 0 Å². The fourth-order valence-corrected chi connectivity index (χ4v) is 1.68. The van der Waals surface area contributed by atoms with E-state index in [2.05, 4.69) is 6.58 Å². The van der Waals surface area contributed by atoms with Gasteiger partial charge in [-0.1, -0.05) is 36.4 Å². The fraction of sp³-hybridized carbons (Fsp3) is 0.400. The van der Waals surface area contributed by atoms with Crippen molar-refractivity contribution >= 4 is 5.97 Å². The minimum atomic E-state index is -0.200. The molecule has 0 aliphatic heterocycles. The molecule has 0 heterocycles. The predicted molar refractivity (Wildman–Crippen MR) is 70.0 cm³/mol. The van der Waals surface area contributed by atoms with Crippen LogP contribution in [0.1, 0.15) is 37.8 Å². The number of rotatable bonds is 5. The Morgan fingerprint density at radius 2 is 1.94 bits per heavy atom. The zero-order valence-corrected chi connectivity index (χ0v) is 10.8. The van der Waals surface area contributed by atoms with E-state index in [4.69, 9.17) is 4.74 Å². The van der Waals surface area contributed by atoms with Crippen molar-refractivity contribution < 1.29 is 9.53 Å². The van der Waals surface area contributed by atoms with Crippen LogP contribution in [0.3, 0.4) is 0 Å². The van der Waals surface area contributed by atoms with Crippen molar-refractivity contribution in [3.05, 3.63) is 47.5 Å². The Bertz CT molecular complexity index is 390. The van der Waals surface area contributed by atoms with E-state index in [0.717, 1.165) is 17.6 Å². The lowest BCUT2D eigenvalue weighted by atomic mass is 9.98. The van der Waals surface area contributed by atoms with Crippen molar-refractivity contribution in [3.8, 4) is 0 Å². The Kier molecular flexibility index (Phi) is 4.95. The van der Waals surface area contributed by atoms with Crippen LogP contribution in [0.25, 0.3) is 0 Å². The molecule has 1 atom stereocenters. The summed E-state index contributed by atoms with van der Waals surface area (Å²) in [5.41, 5.74) is 3.35. The summed E-state index contributed by atoms with van der Waals surface area (Å²) >= 11 is 0. The summed E-state index contributed by atoms with van der Waals surface area (Å²) in [5, 5.41) is 0. The van der Waals surface area contributed by atoms with Crippen molar-refractivity contribution in [2.45, 2.75) is 33.1 Å². The molecule has 0 spiro atoms. The second kappa shape index (κ2) is 6.24. The van der Waals surface area contributed by atoms with Gasteiger partial charge in [0.05, 0.1) is 12.5 Å². The third-order valence-electron chi connectivity index (χ3n) is 2.63. The SMILES string of the molecule is C=C(C)Cc1ccc(C(C)C(=O)OCC)cc1. The van der Waals surface area contributed by atoms with Gasteiger partial charge >= 0.3 is 5.97 Å². The predicted octanol–water partition coefficient (Wildman–Crippen LogP) is 3.47. The molecule has 1 unspecified atom stereocenters. The Labute approximate surface area is 103 Å². The second-order valence-electron chi connectivity index (χ2n) is 4.35. The van der Waals surface area contributed by atoms with Crippen LogP contribution in [-0.2, 0) is 16.0 Å². The smallest absolute Gasteiger partial charge is 0.313 e. The molecule has 0 radical (unpaired) electrons. The number of carbonyl (C=O) groups excluding carboxylic acids is 1. The topological polar surface area (TPSA) is 26.3 Å². The number of esters is 1. The van der Waals surface area contributed by atoms with Gasteiger partial charge in [0.25, 0.3) is 0 Å². The molecule has 0 aliphatic rings. The van der Waals surface area contributed by atoms with E-state index in [1.807, 2.05) is 45.0 Å². The van der Waals surface area contributed by atoms with E-state index in [9.17, 15) is 4.79 Å². The largest absolute Gasteiger partial charge is 0.466 e. The number of ether oxygens (including phenoxy) is 1. The molecule has 2 nitrogen and oxygen atoms in total. The van der Waals surface area contributed by atoms with E-state index < -0.39 is 0 Å². The third-order valence-corrected chi connectivity index (χ3v) is 2.63. The van der Waals surface area contributed by atoms with Gasteiger partial charge < -0.3 is 4.74 Å². The number of carbonyl (C=O) groups is 1. The summed E-state index contributed by atoms with van der Waals surface area (Å²) in [6.45, 7) is 10.0. The molecule has 1 aromatic rings. The van der Waals surface area contributed by atoms with Gasteiger partial charge in [0.2, 0.25) is 0 Å². The monoisotopic (exact) mass is 232 g/mol. The maximum Gasteiger partial charge on any atom is 0.313 e. The van der Waals surface area contributed by atoms with Gasteiger partial charge in [-0.15, -0.1) is 0 Å². The molecule has 2 heteroatoms. The molecule has 0 N–H and O–H groups in total. The van der Waals surface area contributed by atoms with Gasteiger partial charge in [-0.3, -0.25) is 4.79 Å². The molecular weight excluding hydrogens is 212 g/mol. The van der Waals surface area contributed by atoms with E-state index in [-0.39, 0.29) is 11.9 Å². The first-order chi connectivity index (χ1) is 8.04. The normalized spacial score (nSPS) is 11.9. The van der Waals surface area contributed by atoms with Crippen LogP contribution in [0, 0.1) is 0 Å². The molecule has 0 saturated heterocycles. The highest BCUT2D eigenvalue weighted by Crippen LogP contribution is 2.18. The highest BCUT2D eigenvalue weighted by Gasteiger charge is 2.15. The Morgan fingerprint density at radius 1 is 1.35 bits per heavy atom. The first-order valence-electron chi connectivity index (χ1n) is 5.94. The fourth-order valence-electron chi connectivity index (χ4n) is 1.68. The van der Waals surface area contributed by atoms with Gasteiger partial charge in [0, 0.05) is 0 Å². The summed E-state index contributed by atoms with van der Waals surface area (Å²) in [6, 6.07) is 8.05. The van der Waals surface area contributed by atoms with Gasteiger partial charge in [-0.05, 0) is 38.3 Å². The number of allylic oxidation sites excluding steroid dienone is 1. The van der Waals surface area contributed by atoms with Crippen LogP contribution in [0.4, 0.5) is 0 Å². The summed E-state index contributed by atoms with van der Waals surface area (Å²) in [5.74, 6) is -0.367. The van der Waals surface area contributed by atoms with Gasteiger partial charge in [-0.25, -0.2) is 0 Å². The molecule has 0 fully saturated rings. The van der Waals surface area contributed by atoms with E-state index in [0.29, 0.717) is 6.61 Å². The zero-order chi connectivity index (χ0) is 12.8. The standard InChI is InChI=1S/C15H20O2/c1-5-17-15(16)12(4)14-8-6-13(7-9-14)10-11(2)3/h6-9,12H,2,5,10H2,1,3-4H3. The summed E-state index contributed by atoms with van der Waals surface area (Å²) in [6.07, 6.45) is 0.883. The average Bonchev–Trinajstić information content (AvgIpc) is 2.28. The number of hydrogen-bond donors (Lipinski definition) is 0. The van der Waals surface area contributed by atoms with Gasteiger partial charge in [0.1, 0.15) is 0 Å². The average molecular weight is 232 g/mol. The molecule has 0 aromatic heterocycles. The Hall–Kier alpha value is -1.57. The molecule has 1 aromatic carbocycles. The molecule has 0 amide bonds. The van der Waals surface area contributed by atoms with Crippen molar-refractivity contribution in [3.63, 3.8) is 0 Å². The van der Waals surface area contributed by atoms with E-state index in [1.165, 1.54) is 5.56 Å². The van der Waals surface area contributed by atoms with Crippen LogP contribution in [0.2, 0.25) is 0 Å². The van der Waals surface area contributed by atoms with Crippen LogP contribution in [-0.4, -0.2) is 12.6 Å². The van der Waals surface area contributed by atoms with Crippen molar-refractivity contribution in [1.29, 1.82) is 0 Å². The minimum absolute atomic E-state index is 0.167. The summed E-state index contributed by atoms with van der Waals surface area (Å²) < 4.78 is 5.00. The molecule has 0 saturated carbocycles. The lowest BCUT2D eigenvalue weighted by Crippen LogP contribution is -2.12. The van der Waals surface area contributed by atoms with E-state index >= 15 is 0 Å². The van der Waals surface area contributed by atoms with Crippen LogP contribution >= 0.6 is 0 Å². The quantitative estimate of drug-likeness (QED) is 0.574. The van der Waals surface area contributed by atoms with Gasteiger partial charge in [-0.2, -0.15) is 0 Å². The zero-order valence-electron chi connectivity index (χ0n) is 10.8. The molecule has 17 heavy (non-hydrogen) atoms. The molecular formula is C15H20O2. The first kappa shape index (κ1) is 13.5. The lowest BCUT2D eigenvalue weighted by Gasteiger charge is -2.11. The lowest BCUT2D eigenvalue weighted by molar-refractivity contribution is -0.144. The highest BCUT2D eigenvalue weighted by atomic mass is 16.5. The molecule has 0 bridgehead atoms. The molecule has 92 valence electrons. The van der Waals surface area contributed by atoms with Crippen molar-refractivity contribution in [1.82, 2.24) is 0 Å². The maximum atomic E-state index is 11.6. The third kappa shape index (κ3) is 4.06. The van der Waals surface area contributed by atoms with Crippen molar-refractivity contribution in [2.75, 3.05) is 6.61 Å². The number of hydrogen-bond acceptors (Lipinski definition) is 2. The first-order valence-corrected chi connectivity index (χ1v) is 5.94. The minimum Gasteiger partial charge on any atom is -0.466 e. The summed E-state index contributed by atoms with van der Waals surface area (Å²) in [7, 11) is 0. The van der Waals surface area contributed by atoms with Crippen LogP contribution in [0.5, 0.6) is 0 Å². The summed E-state index contributed by atoms with van der Waals surface area (Å²) in [4.78, 5) is 11.6. The molecule has 1 rings (SSSR count). The Balaban J connectivity index is 2.73. The van der Waals surface area contributed by atoms with E-state index in [1.54, 1.807) is 0 Å². The highest BCUT2D eigenvalue weighted by molar-refractivity contribution is 5.77. The van der Waals surface area contributed by atoms with Gasteiger partial charge in [0.15, 0.2) is 0 Å². The number of benzene rings is 1. The van der Waals surface area contributed by atoms with Crippen molar-refractivity contribution in [2.24, 2.45) is 0 Å². The molecule has 0 aliphatic carbocycles.